The first-order valence-electron chi connectivity index (χ1n) is 10.3. The molecule has 158 valence electrons. The van der Waals surface area contributed by atoms with Crippen molar-refractivity contribution in [1.29, 1.82) is 0 Å². The van der Waals surface area contributed by atoms with Crippen molar-refractivity contribution in [3.8, 4) is 11.6 Å². The quantitative estimate of drug-likeness (QED) is 0.633. The van der Waals surface area contributed by atoms with Crippen molar-refractivity contribution in [3.05, 3.63) is 41.6 Å². The van der Waals surface area contributed by atoms with Gasteiger partial charge >= 0.3 is 5.97 Å². The van der Waals surface area contributed by atoms with E-state index in [4.69, 9.17) is 14.2 Å². The van der Waals surface area contributed by atoms with Gasteiger partial charge in [-0.1, -0.05) is 26.0 Å². The number of benzene rings is 1. The Bertz CT molecular complexity index is 793. The van der Waals surface area contributed by atoms with E-state index in [-0.39, 0.29) is 6.10 Å². The standard InChI is InChI=1S/C22H31N3O4/c1-16(2)18-5-7-19(8-6-18)25-21(20(15-23-25)22(26)29-17(3)4)28-14-11-24-9-12-27-13-10-24/h5-8,15-17H,9-14H2,1-4H3. The van der Waals surface area contributed by atoms with Gasteiger partial charge in [0.15, 0.2) is 0 Å². The van der Waals surface area contributed by atoms with Crippen LogP contribution in [0.5, 0.6) is 5.88 Å². The summed E-state index contributed by atoms with van der Waals surface area (Å²) in [5.74, 6) is 0.440. The number of aromatic nitrogens is 2. The minimum atomic E-state index is -0.425. The Morgan fingerprint density at radius 1 is 1.14 bits per heavy atom. The fraction of sp³-hybridized carbons (Fsp3) is 0.545. The topological polar surface area (TPSA) is 65.8 Å². The summed E-state index contributed by atoms with van der Waals surface area (Å²) in [5, 5.41) is 4.41. The molecule has 0 atom stereocenters. The minimum Gasteiger partial charge on any atom is -0.476 e. The van der Waals surface area contributed by atoms with Crippen LogP contribution in [0.1, 0.15) is 49.5 Å². The first-order valence-corrected chi connectivity index (χ1v) is 10.3. The largest absolute Gasteiger partial charge is 0.476 e. The summed E-state index contributed by atoms with van der Waals surface area (Å²) >= 11 is 0. The van der Waals surface area contributed by atoms with Crippen molar-refractivity contribution >= 4 is 5.97 Å². The lowest BCUT2D eigenvalue weighted by Gasteiger charge is -2.26. The summed E-state index contributed by atoms with van der Waals surface area (Å²) in [7, 11) is 0. The fourth-order valence-corrected chi connectivity index (χ4v) is 3.17. The second-order valence-electron chi connectivity index (χ2n) is 7.78. The molecule has 7 heteroatoms. The Balaban J connectivity index is 1.80. The number of esters is 1. The minimum absolute atomic E-state index is 0.211. The number of rotatable bonds is 8. The van der Waals surface area contributed by atoms with Crippen molar-refractivity contribution in [2.45, 2.75) is 39.7 Å². The van der Waals surface area contributed by atoms with E-state index < -0.39 is 5.97 Å². The predicted molar refractivity (Wildman–Crippen MR) is 111 cm³/mol. The van der Waals surface area contributed by atoms with E-state index in [1.54, 1.807) is 4.68 Å². The Kier molecular flexibility index (Phi) is 7.28. The molecule has 1 aromatic carbocycles. The third-order valence-corrected chi connectivity index (χ3v) is 4.84. The lowest BCUT2D eigenvalue weighted by atomic mass is 10.0. The van der Waals surface area contributed by atoms with E-state index in [0.29, 0.717) is 24.0 Å². The average molecular weight is 402 g/mol. The molecule has 1 saturated heterocycles. The van der Waals surface area contributed by atoms with Gasteiger partial charge in [-0.25, -0.2) is 9.48 Å². The van der Waals surface area contributed by atoms with Gasteiger partial charge in [0.1, 0.15) is 12.2 Å². The zero-order chi connectivity index (χ0) is 20.8. The van der Waals surface area contributed by atoms with Gasteiger partial charge in [0.2, 0.25) is 5.88 Å². The molecular formula is C22H31N3O4. The van der Waals surface area contributed by atoms with Crippen LogP contribution in [-0.4, -0.2) is 66.2 Å². The van der Waals surface area contributed by atoms with Crippen LogP contribution in [-0.2, 0) is 9.47 Å². The Morgan fingerprint density at radius 2 is 1.83 bits per heavy atom. The smallest absolute Gasteiger partial charge is 0.345 e. The zero-order valence-corrected chi connectivity index (χ0v) is 17.8. The number of hydrogen-bond acceptors (Lipinski definition) is 6. The van der Waals surface area contributed by atoms with Crippen LogP contribution in [0.3, 0.4) is 0 Å². The van der Waals surface area contributed by atoms with Crippen LogP contribution in [0.15, 0.2) is 30.5 Å². The molecule has 0 saturated carbocycles. The maximum Gasteiger partial charge on any atom is 0.345 e. The van der Waals surface area contributed by atoms with Crippen molar-refractivity contribution in [1.82, 2.24) is 14.7 Å². The second-order valence-corrected chi connectivity index (χ2v) is 7.78. The van der Waals surface area contributed by atoms with Gasteiger partial charge in [0.05, 0.1) is 31.2 Å². The van der Waals surface area contributed by atoms with Crippen molar-refractivity contribution in [2.75, 3.05) is 39.5 Å². The zero-order valence-electron chi connectivity index (χ0n) is 17.8. The number of nitrogens with zero attached hydrogens (tertiary/aromatic N) is 3. The third kappa shape index (κ3) is 5.58. The van der Waals surface area contributed by atoms with Crippen LogP contribution in [0.4, 0.5) is 0 Å². The average Bonchev–Trinajstić information content (AvgIpc) is 3.12. The molecule has 7 nitrogen and oxygen atoms in total. The van der Waals surface area contributed by atoms with Gasteiger partial charge < -0.3 is 14.2 Å². The summed E-state index contributed by atoms with van der Waals surface area (Å²) in [6, 6.07) is 8.14. The normalized spacial score (nSPS) is 15.1. The maximum atomic E-state index is 12.5. The highest BCUT2D eigenvalue weighted by Gasteiger charge is 2.23. The van der Waals surface area contributed by atoms with E-state index in [1.165, 1.54) is 11.8 Å². The molecule has 3 rings (SSSR count). The van der Waals surface area contributed by atoms with Crippen molar-refractivity contribution in [2.24, 2.45) is 0 Å². The monoisotopic (exact) mass is 401 g/mol. The molecule has 0 unspecified atom stereocenters. The SMILES string of the molecule is CC(C)OC(=O)c1cnn(-c2ccc(C(C)C)cc2)c1OCCN1CCOCC1. The molecular weight excluding hydrogens is 370 g/mol. The van der Waals surface area contributed by atoms with E-state index >= 15 is 0 Å². The van der Waals surface area contributed by atoms with E-state index in [0.717, 1.165) is 38.5 Å². The predicted octanol–water partition coefficient (Wildman–Crippen LogP) is 3.27. The van der Waals surface area contributed by atoms with Crippen molar-refractivity contribution < 1.29 is 19.0 Å². The molecule has 0 amide bonds. The highest BCUT2D eigenvalue weighted by Crippen LogP contribution is 2.25. The van der Waals surface area contributed by atoms with Gasteiger partial charge in [-0.05, 0) is 37.5 Å². The van der Waals surface area contributed by atoms with Crippen LogP contribution < -0.4 is 4.74 Å². The van der Waals surface area contributed by atoms with Crippen molar-refractivity contribution in [3.63, 3.8) is 0 Å². The van der Waals surface area contributed by atoms with E-state index in [9.17, 15) is 4.79 Å². The number of ether oxygens (including phenoxy) is 3. The third-order valence-electron chi connectivity index (χ3n) is 4.84. The van der Waals surface area contributed by atoms with Gasteiger partial charge in [0.25, 0.3) is 0 Å². The van der Waals surface area contributed by atoms with E-state index in [1.807, 2.05) is 26.0 Å². The lowest BCUT2D eigenvalue weighted by molar-refractivity contribution is 0.0311. The fourth-order valence-electron chi connectivity index (χ4n) is 3.17. The summed E-state index contributed by atoms with van der Waals surface area (Å²) < 4.78 is 18.5. The van der Waals surface area contributed by atoms with Crippen LogP contribution in [0, 0.1) is 0 Å². The second kappa shape index (κ2) is 9.89. The number of morpholine rings is 1. The maximum absolute atomic E-state index is 12.5. The summed E-state index contributed by atoms with van der Waals surface area (Å²) in [5.41, 5.74) is 2.43. The first kappa shape index (κ1) is 21.3. The number of carbonyl (C=O) groups is 1. The lowest BCUT2D eigenvalue weighted by Crippen LogP contribution is -2.38. The Hall–Kier alpha value is -2.38. The number of hydrogen-bond donors (Lipinski definition) is 0. The molecule has 0 spiro atoms. The summed E-state index contributed by atoms with van der Waals surface area (Å²) in [6.45, 7) is 12.4. The van der Waals surface area contributed by atoms with Gasteiger partial charge in [-0.15, -0.1) is 0 Å². The summed E-state index contributed by atoms with van der Waals surface area (Å²) in [6.07, 6.45) is 1.31. The molecule has 0 N–H and O–H groups in total. The molecule has 2 heterocycles. The molecule has 1 aliphatic rings. The molecule has 1 fully saturated rings. The molecule has 1 aliphatic heterocycles. The molecule has 0 bridgehead atoms. The Morgan fingerprint density at radius 3 is 2.45 bits per heavy atom. The molecule has 0 radical (unpaired) electrons. The van der Waals surface area contributed by atoms with Crippen LogP contribution in [0.25, 0.3) is 5.69 Å². The molecule has 29 heavy (non-hydrogen) atoms. The van der Waals surface area contributed by atoms with Crippen LogP contribution >= 0.6 is 0 Å². The molecule has 1 aromatic heterocycles. The van der Waals surface area contributed by atoms with Gasteiger partial charge in [-0.3, -0.25) is 4.90 Å². The van der Waals surface area contributed by atoms with Gasteiger partial charge in [-0.2, -0.15) is 5.10 Å². The highest BCUT2D eigenvalue weighted by molar-refractivity contribution is 5.92. The Labute approximate surface area is 172 Å². The van der Waals surface area contributed by atoms with Crippen LogP contribution in [0.2, 0.25) is 0 Å². The van der Waals surface area contributed by atoms with E-state index in [2.05, 4.69) is 36.0 Å². The molecule has 0 aliphatic carbocycles. The highest BCUT2D eigenvalue weighted by atomic mass is 16.5. The summed E-state index contributed by atoms with van der Waals surface area (Å²) in [4.78, 5) is 14.8. The van der Waals surface area contributed by atoms with Gasteiger partial charge in [0, 0.05) is 19.6 Å². The molecule has 2 aromatic rings. The first-order chi connectivity index (χ1) is 14.0. The number of carbonyl (C=O) groups excluding carboxylic acids is 1.